The van der Waals surface area contributed by atoms with Crippen molar-refractivity contribution < 1.29 is 4.74 Å². The number of ether oxygens (including phenoxy) is 1. The number of hydrogen-bond donors (Lipinski definition) is 0. The Bertz CT molecular complexity index is 357. The largest absolute Gasteiger partial charge is 0.362 e. The third kappa shape index (κ3) is 1.86. The van der Waals surface area contributed by atoms with Gasteiger partial charge in [0.25, 0.3) is 0 Å². The third-order valence-corrected chi connectivity index (χ3v) is 2.94. The van der Waals surface area contributed by atoms with Gasteiger partial charge in [-0.25, -0.2) is 0 Å². The molecule has 1 aliphatic heterocycles. The van der Waals surface area contributed by atoms with Crippen LogP contribution < -0.4 is 4.90 Å². The van der Waals surface area contributed by atoms with E-state index in [2.05, 4.69) is 21.0 Å². The van der Waals surface area contributed by atoms with E-state index in [1.54, 1.807) is 11.3 Å². The van der Waals surface area contributed by atoms with Gasteiger partial charge in [0.15, 0.2) is 0 Å². The molecule has 5 heteroatoms. The lowest BCUT2D eigenvalue weighted by molar-refractivity contribution is 0.0778. The molecule has 1 aromatic rings. The molecule has 0 radical (unpaired) electrons. The Morgan fingerprint density at radius 3 is 3.14 bits per heavy atom. The summed E-state index contributed by atoms with van der Waals surface area (Å²) < 4.78 is 5.36. The molecule has 0 bridgehead atoms. The van der Waals surface area contributed by atoms with E-state index in [1.807, 2.05) is 6.92 Å². The second-order valence-electron chi connectivity index (χ2n) is 3.08. The van der Waals surface area contributed by atoms with Crippen molar-refractivity contribution in [1.29, 1.82) is 0 Å². The lowest BCUT2D eigenvalue weighted by atomic mass is 10.3. The second-order valence-corrected chi connectivity index (χ2v) is 4.24. The summed E-state index contributed by atoms with van der Waals surface area (Å²) in [5.74, 6) is 2.60. The van der Waals surface area contributed by atoms with Crippen LogP contribution in [0.3, 0.4) is 0 Å². The Kier molecular flexibility index (Phi) is 2.66. The minimum absolute atomic E-state index is 0.118. The summed E-state index contributed by atoms with van der Waals surface area (Å²) in [5.41, 5.74) is 0. The van der Waals surface area contributed by atoms with E-state index in [9.17, 15) is 0 Å². The van der Waals surface area contributed by atoms with E-state index in [1.165, 1.54) is 0 Å². The van der Waals surface area contributed by atoms with Crippen LogP contribution >= 0.6 is 11.3 Å². The Balaban J connectivity index is 2.08. The average molecular weight is 209 g/mol. The summed E-state index contributed by atoms with van der Waals surface area (Å²) in [4.78, 5) is 2.12. The first-order valence-electron chi connectivity index (χ1n) is 4.42. The summed E-state index contributed by atoms with van der Waals surface area (Å²) in [5, 5.41) is 9.97. The van der Waals surface area contributed by atoms with Crippen LogP contribution in [-0.2, 0) is 4.74 Å². The highest BCUT2D eigenvalue weighted by Gasteiger charge is 2.20. The number of morpholine rings is 1. The number of hydrogen-bond acceptors (Lipinski definition) is 5. The first kappa shape index (κ1) is 9.44. The van der Waals surface area contributed by atoms with Gasteiger partial charge in [-0.15, -0.1) is 16.6 Å². The minimum atomic E-state index is -0.118. The van der Waals surface area contributed by atoms with E-state index in [0.717, 1.165) is 16.7 Å². The molecule has 4 nitrogen and oxygen atoms in total. The number of rotatable bonds is 1. The zero-order valence-corrected chi connectivity index (χ0v) is 8.75. The first-order chi connectivity index (χ1) is 6.79. The van der Waals surface area contributed by atoms with Crippen molar-refractivity contribution in [2.24, 2.45) is 0 Å². The van der Waals surface area contributed by atoms with E-state index in [4.69, 9.17) is 11.2 Å². The Morgan fingerprint density at radius 2 is 2.50 bits per heavy atom. The number of aryl methyl sites for hydroxylation is 1. The maximum Gasteiger partial charge on any atom is 0.208 e. The molecule has 0 saturated carbocycles. The van der Waals surface area contributed by atoms with Gasteiger partial charge in [-0.05, 0) is 6.92 Å². The Morgan fingerprint density at radius 1 is 1.64 bits per heavy atom. The van der Waals surface area contributed by atoms with Gasteiger partial charge in [0.2, 0.25) is 5.13 Å². The lowest BCUT2D eigenvalue weighted by Gasteiger charge is -2.29. The highest BCUT2D eigenvalue weighted by atomic mass is 32.1. The molecule has 1 atom stereocenters. The molecule has 0 aliphatic carbocycles. The summed E-state index contributed by atoms with van der Waals surface area (Å²) in [6, 6.07) is 0. The van der Waals surface area contributed by atoms with Crippen molar-refractivity contribution in [2.75, 3.05) is 24.6 Å². The van der Waals surface area contributed by atoms with Crippen LogP contribution in [0.4, 0.5) is 5.13 Å². The molecule has 1 aromatic heterocycles. The van der Waals surface area contributed by atoms with Gasteiger partial charge < -0.3 is 9.64 Å². The van der Waals surface area contributed by atoms with Crippen LogP contribution in [0.25, 0.3) is 0 Å². The number of aromatic nitrogens is 2. The molecule has 14 heavy (non-hydrogen) atoms. The summed E-state index contributed by atoms with van der Waals surface area (Å²) in [6.45, 7) is 4.16. The standard InChI is InChI=1S/C9H11N3OS/c1-3-8-6-12(4-5-13-8)9-11-10-7(2)14-9/h1,8H,4-6H2,2H3/t8-/m0/s1. The molecule has 1 fully saturated rings. The number of nitrogens with zero attached hydrogens (tertiary/aromatic N) is 3. The van der Waals surface area contributed by atoms with E-state index in [0.29, 0.717) is 13.2 Å². The van der Waals surface area contributed by atoms with Crippen LogP contribution in [0.1, 0.15) is 5.01 Å². The lowest BCUT2D eigenvalue weighted by Crippen LogP contribution is -2.41. The molecule has 1 saturated heterocycles. The summed E-state index contributed by atoms with van der Waals surface area (Å²) in [7, 11) is 0. The predicted octanol–water partition coefficient (Wildman–Crippen LogP) is 0.685. The molecular weight excluding hydrogens is 198 g/mol. The second kappa shape index (κ2) is 3.95. The third-order valence-electron chi connectivity index (χ3n) is 2.04. The maximum absolute atomic E-state index is 5.36. The van der Waals surface area contributed by atoms with Gasteiger partial charge in [-0.2, -0.15) is 0 Å². The number of anilines is 1. The van der Waals surface area contributed by atoms with E-state index in [-0.39, 0.29) is 6.10 Å². The predicted molar refractivity (Wildman–Crippen MR) is 55.4 cm³/mol. The molecule has 74 valence electrons. The van der Waals surface area contributed by atoms with Crippen molar-refractivity contribution in [3.63, 3.8) is 0 Å². The highest BCUT2D eigenvalue weighted by Crippen LogP contribution is 2.21. The molecule has 2 rings (SSSR count). The monoisotopic (exact) mass is 209 g/mol. The van der Waals surface area contributed by atoms with Gasteiger partial charge in [0.1, 0.15) is 11.1 Å². The van der Waals surface area contributed by atoms with Crippen molar-refractivity contribution in [3.05, 3.63) is 5.01 Å². The average Bonchev–Trinajstić information content (AvgIpc) is 2.65. The van der Waals surface area contributed by atoms with Gasteiger partial charge in [-0.3, -0.25) is 0 Å². The van der Waals surface area contributed by atoms with Gasteiger partial charge in [-0.1, -0.05) is 17.3 Å². The van der Waals surface area contributed by atoms with Crippen LogP contribution in [0, 0.1) is 19.3 Å². The SMILES string of the molecule is C#C[C@H]1CN(c2nnc(C)s2)CCO1. The van der Waals surface area contributed by atoms with Gasteiger partial charge in [0.05, 0.1) is 13.2 Å². The molecule has 0 aromatic carbocycles. The van der Waals surface area contributed by atoms with Crippen LogP contribution in [-0.4, -0.2) is 36.0 Å². The first-order valence-corrected chi connectivity index (χ1v) is 5.24. The smallest absolute Gasteiger partial charge is 0.208 e. The Labute approximate surface area is 86.9 Å². The van der Waals surface area contributed by atoms with E-state index < -0.39 is 0 Å². The molecule has 0 N–H and O–H groups in total. The quantitative estimate of drug-likeness (QED) is 0.638. The van der Waals surface area contributed by atoms with Crippen molar-refractivity contribution >= 4 is 16.5 Å². The van der Waals surface area contributed by atoms with Crippen molar-refractivity contribution in [2.45, 2.75) is 13.0 Å². The number of terminal acetylenes is 1. The fourth-order valence-corrected chi connectivity index (χ4v) is 2.06. The zero-order valence-electron chi connectivity index (χ0n) is 7.93. The normalized spacial score (nSPS) is 22.0. The summed E-state index contributed by atoms with van der Waals surface area (Å²) >= 11 is 1.59. The molecule has 0 amide bonds. The Hall–Kier alpha value is -1.12. The van der Waals surface area contributed by atoms with Crippen molar-refractivity contribution in [1.82, 2.24) is 10.2 Å². The molecule has 0 unspecified atom stereocenters. The molecular formula is C9H11N3OS. The zero-order chi connectivity index (χ0) is 9.97. The summed E-state index contributed by atoms with van der Waals surface area (Å²) in [6.07, 6.45) is 5.20. The molecule has 0 spiro atoms. The minimum Gasteiger partial charge on any atom is -0.362 e. The fraction of sp³-hybridized carbons (Fsp3) is 0.556. The molecule has 1 aliphatic rings. The highest BCUT2D eigenvalue weighted by molar-refractivity contribution is 7.15. The van der Waals surface area contributed by atoms with Gasteiger partial charge >= 0.3 is 0 Å². The van der Waals surface area contributed by atoms with E-state index >= 15 is 0 Å². The van der Waals surface area contributed by atoms with Crippen molar-refractivity contribution in [3.8, 4) is 12.3 Å². The van der Waals surface area contributed by atoms with Crippen LogP contribution in [0.5, 0.6) is 0 Å². The maximum atomic E-state index is 5.36. The fourth-order valence-electron chi connectivity index (χ4n) is 1.34. The van der Waals surface area contributed by atoms with Crippen LogP contribution in [0.15, 0.2) is 0 Å². The topological polar surface area (TPSA) is 38.2 Å². The van der Waals surface area contributed by atoms with Gasteiger partial charge in [0, 0.05) is 6.54 Å². The molecule has 2 heterocycles. The van der Waals surface area contributed by atoms with Crippen LogP contribution in [0.2, 0.25) is 0 Å².